The number of aliphatic imine (C=N–C) groups is 1. The van der Waals surface area contributed by atoms with Crippen LogP contribution in [0.15, 0.2) is 33.7 Å². The van der Waals surface area contributed by atoms with Crippen molar-refractivity contribution in [2.45, 2.75) is 20.4 Å². The van der Waals surface area contributed by atoms with Crippen LogP contribution < -0.4 is 15.8 Å². The van der Waals surface area contributed by atoms with E-state index in [1.165, 1.54) is 0 Å². The summed E-state index contributed by atoms with van der Waals surface area (Å²) >= 11 is 6.05. The number of nitrogens with two attached hydrogens (primary N) is 1. The molecule has 0 radical (unpaired) electrons. The smallest absolute Gasteiger partial charge is 0.193 e. The number of benzene rings is 1. The van der Waals surface area contributed by atoms with E-state index in [4.69, 9.17) is 26.5 Å². The van der Waals surface area contributed by atoms with Crippen molar-refractivity contribution in [2.75, 3.05) is 12.4 Å². The predicted octanol–water partition coefficient (Wildman–Crippen LogP) is 3.49. The zero-order chi connectivity index (χ0) is 15.4. The average Bonchev–Trinajstić information content (AvgIpc) is 2.75. The van der Waals surface area contributed by atoms with Crippen LogP contribution >= 0.6 is 11.6 Å². The van der Waals surface area contributed by atoms with Gasteiger partial charge in [-0.2, -0.15) is 0 Å². The third-order valence-electron chi connectivity index (χ3n) is 2.99. The minimum atomic E-state index is 0.314. The number of hydrogen-bond donors (Lipinski definition) is 2. The van der Waals surface area contributed by atoms with Crippen LogP contribution in [0.2, 0.25) is 5.02 Å². The van der Waals surface area contributed by atoms with Gasteiger partial charge >= 0.3 is 0 Å². The molecular formula is C15H18ClN3O2. The highest BCUT2D eigenvalue weighted by Gasteiger charge is 2.05. The van der Waals surface area contributed by atoms with Crippen LogP contribution in [0.25, 0.3) is 0 Å². The number of halogens is 1. The molecule has 0 aliphatic carbocycles. The van der Waals surface area contributed by atoms with Gasteiger partial charge < -0.3 is 20.2 Å². The number of nitrogens with zero attached hydrogens (tertiary/aromatic N) is 1. The number of nitrogens with one attached hydrogen (secondary N) is 1. The summed E-state index contributed by atoms with van der Waals surface area (Å²) in [7, 11) is 1.57. The fraction of sp³-hybridized carbons (Fsp3) is 0.267. The number of furan rings is 1. The minimum Gasteiger partial charge on any atom is -0.495 e. The molecule has 0 saturated carbocycles. The molecule has 0 spiro atoms. The molecule has 1 heterocycles. The van der Waals surface area contributed by atoms with Gasteiger partial charge in [0.05, 0.1) is 18.7 Å². The molecule has 0 aliphatic heterocycles. The van der Waals surface area contributed by atoms with Gasteiger partial charge in [-0.1, -0.05) is 11.6 Å². The molecule has 0 bridgehead atoms. The van der Waals surface area contributed by atoms with Crippen LogP contribution in [-0.2, 0) is 6.54 Å². The Labute approximate surface area is 128 Å². The van der Waals surface area contributed by atoms with Gasteiger partial charge in [-0.3, -0.25) is 0 Å². The SMILES string of the molecule is COc1ccc(NC(N)=NCc2cc(C)oc2C)cc1Cl. The van der Waals surface area contributed by atoms with Gasteiger partial charge in [-0.15, -0.1) is 0 Å². The lowest BCUT2D eigenvalue weighted by molar-refractivity contribution is 0.415. The second kappa shape index (κ2) is 6.54. The van der Waals surface area contributed by atoms with E-state index in [0.29, 0.717) is 23.3 Å². The molecule has 5 nitrogen and oxygen atoms in total. The van der Waals surface area contributed by atoms with E-state index >= 15 is 0 Å². The lowest BCUT2D eigenvalue weighted by Crippen LogP contribution is -2.22. The maximum atomic E-state index is 6.05. The summed E-state index contributed by atoms with van der Waals surface area (Å²) in [5.74, 6) is 2.65. The van der Waals surface area contributed by atoms with Gasteiger partial charge in [-0.25, -0.2) is 4.99 Å². The molecule has 0 unspecified atom stereocenters. The van der Waals surface area contributed by atoms with Crippen molar-refractivity contribution in [3.05, 3.63) is 46.4 Å². The molecule has 21 heavy (non-hydrogen) atoms. The Morgan fingerprint density at radius 3 is 2.71 bits per heavy atom. The van der Waals surface area contributed by atoms with E-state index in [9.17, 15) is 0 Å². The highest BCUT2D eigenvalue weighted by molar-refractivity contribution is 6.32. The summed E-state index contributed by atoms with van der Waals surface area (Å²) in [5.41, 5.74) is 7.64. The van der Waals surface area contributed by atoms with Crippen LogP contribution in [0.3, 0.4) is 0 Å². The van der Waals surface area contributed by atoms with Crippen LogP contribution in [0.5, 0.6) is 5.75 Å². The Kier molecular flexibility index (Phi) is 4.75. The lowest BCUT2D eigenvalue weighted by Gasteiger charge is -2.08. The number of hydrogen-bond acceptors (Lipinski definition) is 3. The quantitative estimate of drug-likeness (QED) is 0.670. The molecule has 0 atom stereocenters. The Hall–Kier alpha value is -2.14. The van der Waals surface area contributed by atoms with Crippen molar-refractivity contribution in [3.63, 3.8) is 0 Å². The zero-order valence-electron chi connectivity index (χ0n) is 12.2. The van der Waals surface area contributed by atoms with Crippen molar-refractivity contribution < 1.29 is 9.15 Å². The number of methoxy groups -OCH3 is 1. The van der Waals surface area contributed by atoms with Gasteiger partial charge in [0.2, 0.25) is 0 Å². The van der Waals surface area contributed by atoms with E-state index in [1.807, 2.05) is 26.0 Å². The maximum absolute atomic E-state index is 6.05. The molecule has 0 fully saturated rings. The number of ether oxygens (including phenoxy) is 1. The third kappa shape index (κ3) is 3.92. The van der Waals surface area contributed by atoms with E-state index in [1.54, 1.807) is 19.2 Å². The van der Waals surface area contributed by atoms with E-state index in [2.05, 4.69) is 10.3 Å². The summed E-state index contributed by atoms with van der Waals surface area (Å²) in [6, 6.07) is 7.27. The summed E-state index contributed by atoms with van der Waals surface area (Å²) in [6.07, 6.45) is 0. The monoisotopic (exact) mass is 307 g/mol. The van der Waals surface area contributed by atoms with Crippen molar-refractivity contribution in [1.82, 2.24) is 0 Å². The van der Waals surface area contributed by atoms with Crippen molar-refractivity contribution in [3.8, 4) is 5.75 Å². The molecule has 0 aliphatic rings. The fourth-order valence-electron chi connectivity index (χ4n) is 1.94. The largest absolute Gasteiger partial charge is 0.495 e. The van der Waals surface area contributed by atoms with Gasteiger partial charge in [0, 0.05) is 11.3 Å². The number of guanidine groups is 1. The number of aryl methyl sites for hydroxylation is 2. The second-order valence-electron chi connectivity index (χ2n) is 4.61. The standard InChI is InChI=1S/C15H18ClN3O2/c1-9-6-11(10(2)21-9)8-18-15(17)19-12-4-5-14(20-3)13(16)7-12/h4-7H,8H2,1-3H3,(H3,17,18,19). The normalized spacial score (nSPS) is 11.5. The van der Waals surface area contributed by atoms with Crippen LogP contribution in [0.1, 0.15) is 17.1 Å². The van der Waals surface area contributed by atoms with Gasteiger partial charge in [0.1, 0.15) is 17.3 Å². The molecule has 6 heteroatoms. The van der Waals surface area contributed by atoms with Crippen LogP contribution in [0, 0.1) is 13.8 Å². The van der Waals surface area contributed by atoms with Gasteiger partial charge in [0.15, 0.2) is 5.96 Å². The van der Waals surface area contributed by atoms with Gasteiger partial charge in [-0.05, 0) is 38.1 Å². The highest BCUT2D eigenvalue weighted by Crippen LogP contribution is 2.27. The molecule has 112 valence electrons. The fourth-order valence-corrected chi connectivity index (χ4v) is 2.20. The Balaban J connectivity index is 2.03. The molecule has 1 aromatic heterocycles. The van der Waals surface area contributed by atoms with E-state index < -0.39 is 0 Å². The molecule has 0 saturated heterocycles. The molecular weight excluding hydrogens is 290 g/mol. The number of rotatable bonds is 4. The molecule has 1 aromatic carbocycles. The minimum absolute atomic E-state index is 0.314. The topological polar surface area (TPSA) is 72.8 Å². The predicted molar refractivity (Wildman–Crippen MR) is 85.1 cm³/mol. The van der Waals surface area contributed by atoms with Crippen LogP contribution in [0.4, 0.5) is 5.69 Å². The average molecular weight is 308 g/mol. The molecule has 2 aromatic rings. The first-order valence-corrected chi connectivity index (χ1v) is 6.84. The first kappa shape index (κ1) is 15.3. The Bertz CT molecular complexity index is 665. The summed E-state index contributed by atoms with van der Waals surface area (Å²) in [4.78, 5) is 4.29. The summed E-state index contributed by atoms with van der Waals surface area (Å²) in [5, 5.41) is 3.50. The second-order valence-corrected chi connectivity index (χ2v) is 5.02. The first-order valence-electron chi connectivity index (χ1n) is 6.46. The van der Waals surface area contributed by atoms with Crippen LogP contribution in [-0.4, -0.2) is 13.1 Å². The van der Waals surface area contributed by atoms with E-state index in [-0.39, 0.29) is 0 Å². The number of anilines is 1. The van der Waals surface area contributed by atoms with Crippen molar-refractivity contribution in [1.29, 1.82) is 0 Å². The van der Waals surface area contributed by atoms with E-state index in [0.717, 1.165) is 22.8 Å². The first-order chi connectivity index (χ1) is 9.99. The highest BCUT2D eigenvalue weighted by atomic mass is 35.5. The molecule has 2 rings (SSSR count). The molecule has 0 amide bonds. The molecule has 3 N–H and O–H groups in total. The summed E-state index contributed by atoms with van der Waals surface area (Å²) < 4.78 is 10.5. The lowest BCUT2D eigenvalue weighted by atomic mass is 10.2. The van der Waals surface area contributed by atoms with Crippen molar-refractivity contribution >= 4 is 23.2 Å². The zero-order valence-corrected chi connectivity index (χ0v) is 13.0. The Morgan fingerprint density at radius 2 is 2.14 bits per heavy atom. The third-order valence-corrected chi connectivity index (χ3v) is 3.28. The van der Waals surface area contributed by atoms with Crippen molar-refractivity contribution in [2.24, 2.45) is 10.7 Å². The Morgan fingerprint density at radius 1 is 1.38 bits per heavy atom. The maximum Gasteiger partial charge on any atom is 0.193 e. The summed E-state index contributed by atoms with van der Waals surface area (Å²) in [6.45, 7) is 4.28. The van der Waals surface area contributed by atoms with Gasteiger partial charge in [0.25, 0.3) is 0 Å².